The molecule has 0 aliphatic heterocycles. The highest BCUT2D eigenvalue weighted by molar-refractivity contribution is 9.10. The molecule has 0 aromatic heterocycles. The largest absolute Gasteiger partial charge is 0.306 e. The van der Waals surface area contributed by atoms with Crippen molar-refractivity contribution in [3.05, 3.63) is 39.9 Å². The lowest BCUT2D eigenvalue weighted by Crippen LogP contribution is -1.93. The normalized spacial score (nSPS) is 10.1. The third kappa shape index (κ3) is 2.12. The van der Waals surface area contributed by atoms with Crippen molar-refractivity contribution in [2.45, 2.75) is 0 Å². The van der Waals surface area contributed by atoms with Gasteiger partial charge in [0.2, 0.25) is 5.83 Å². The maximum Gasteiger partial charge on any atom is 0.306 e. The van der Waals surface area contributed by atoms with Crippen LogP contribution in [-0.2, 0) is 0 Å². The fraction of sp³-hybridized carbons (Fsp3) is 0. The first-order valence-electron chi connectivity index (χ1n) is 3.29. The highest BCUT2D eigenvalue weighted by Crippen LogP contribution is 2.29. The van der Waals surface area contributed by atoms with Crippen LogP contribution >= 0.6 is 15.9 Å². The van der Waals surface area contributed by atoms with Gasteiger partial charge in [0, 0.05) is 4.47 Å². The fourth-order valence-electron chi connectivity index (χ4n) is 0.846. The smallest absolute Gasteiger partial charge is 0.206 e. The topological polar surface area (TPSA) is 0 Å². The highest BCUT2D eigenvalue weighted by atomic mass is 79.9. The van der Waals surface area contributed by atoms with E-state index < -0.39 is 29.1 Å². The predicted molar refractivity (Wildman–Crippen MR) is 44.3 cm³/mol. The van der Waals surface area contributed by atoms with Gasteiger partial charge in [-0.3, -0.25) is 0 Å². The average Bonchev–Trinajstić information content (AvgIpc) is 2.01. The molecule has 76 valence electrons. The molecule has 0 aliphatic carbocycles. The molecule has 0 spiro atoms. The summed E-state index contributed by atoms with van der Waals surface area (Å²) in [7, 11) is 0. The van der Waals surface area contributed by atoms with Gasteiger partial charge in [-0.05, 0) is 12.1 Å². The van der Waals surface area contributed by atoms with Crippen molar-refractivity contribution >= 4 is 21.8 Å². The van der Waals surface area contributed by atoms with Gasteiger partial charge in [-0.25, -0.2) is 13.2 Å². The Labute approximate surface area is 84.2 Å². The minimum atomic E-state index is -2.76. The summed E-state index contributed by atoms with van der Waals surface area (Å²) in [4.78, 5) is 0. The zero-order valence-electron chi connectivity index (χ0n) is 6.42. The minimum absolute atomic E-state index is 0.00307. The fourth-order valence-corrected chi connectivity index (χ4v) is 1.25. The van der Waals surface area contributed by atoms with Gasteiger partial charge in [0.25, 0.3) is 0 Å². The maximum atomic E-state index is 12.8. The van der Waals surface area contributed by atoms with E-state index in [0.29, 0.717) is 12.1 Å². The van der Waals surface area contributed by atoms with Gasteiger partial charge in [0.15, 0.2) is 0 Å². The lowest BCUT2D eigenvalue weighted by molar-refractivity contribution is 0.407. The van der Waals surface area contributed by atoms with E-state index >= 15 is 0 Å². The molecule has 1 aromatic carbocycles. The van der Waals surface area contributed by atoms with E-state index in [1.54, 1.807) is 0 Å². The van der Waals surface area contributed by atoms with Gasteiger partial charge in [0.1, 0.15) is 11.6 Å². The lowest BCUT2D eigenvalue weighted by atomic mass is 10.2. The quantitative estimate of drug-likeness (QED) is 0.670. The van der Waals surface area contributed by atoms with E-state index in [1.807, 2.05) is 0 Å². The van der Waals surface area contributed by atoms with Gasteiger partial charge in [-0.2, -0.15) is 8.78 Å². The first-order chi connectivity index (χ1) is 6.43. The third-order valence-electron chi connectivity index (χ3n) is 1.39. The summed E-state index contributed by atoms with van der Waals surface area (Å²) in [5, 5.41) is 0. The zero-order chi connectivity index (χ0) is 10.9. The van der Waals surface area contributed by atoms with Gasteiger partial charge >= 0.3 is 6.08 Å². The van der Waals surface area contributed by atoms with E-state index in [4.69, 9.17) is 0 Å². The van der Waals surface area contributed by atoms with Crippen molar-refractivity contribution in [3.63, 3.8) is 0 Å². The molecule has 0 bridgehead atoms. The number of benzene rings is 1. The monoisotopic (exact) mass is 272 g/mol. The zero-order valence-corrected chi connectivity index (χ0v) is 8.01. The lowest BCUT2D eigenvalue weighted by Gasteiger charge is -2.02. The molecule has 0 nitrogen and oxygen atoms in total. The van der Waals surface area contributed by atoms with Crippen molar-refractivity contribution in [2.24, 2.45) is 0 Å². The summed E-state index contributed by atoms with van der Waals surface area (Å²) >= 11 is 2.73. The Morgan fingerprint density at radius 1 is 1.00 bits per heavy atom. The molecule has 0 amide bonds. The first kappa shape index (κ1) is 11.2. The molecule has 0 unspecified atom stereocenters. The van der Waals surface area contributed by atoms with Crippen LogP contribution in [0.1, 0.15) is 5.56 Å². The summed E-state index contributed by atoms with van der Waals surface area (Å²) in [6.07, 6.45) is -2.76. The van der Waals surface area contributed by atoms with E-state index in [0.717, 1.165) is 0 Å². The van der Waals surface area contributed by atoms with E-state index in [1.165, 1.54) is 0 Å². The van der Waals surface area contributed by atoms with Gasteiger partial charge in [-0.1, -0.05) is 15.9 Å². The number of hydrogen-bond acceptors (Lipinski definition) is 0. The second-order valence-corrected chi connectivity index (χ2v) is 3.23. The van der Waals surface area contributed by atoms with Crippen LogP contribution in [-0.4, -0.2) is 0 Å². The SMILES string of the molecule is FC(F)=C(F)c1c(F)cc(Br)cc1F. The molecule has 0 radical (unpaired) electrons. The molecule has 1 rings (SSSR count). The summed E-state index contributed by atoms with van der Waals surface area (Å²) in [6.45, 7) is 0. The van der Waals surface area contributed by atoms with Crippen molar-refractivity contribution < 1.29 is 22.0 Å². The predicted octanol–water partition coefficient (Wildman–Crippen LogP) is 4.26. The Morgan fingerprint density at radius 2 is 1.43 bits per heavy atom. The summed E-state index contributed by atoms with van der Waals surface area (Å²) in [5.41, 5.74) is -1.35. The Balaban J connectivity index is 3.43. The van der Waals surface area contributed by atoms with Crippen LogP contribution in [0.5, 0.6) is 0 Å². The molecule has 0 N–H and O–H groups in total. The van der Waals surface area contributed by atoms with Crippen LogP contribution in [0.15, 0.2) is 22.7 Å². The van der Waals surface area contributed by atoms with Crippen LogP contribution in [0.2, 0.25) is 0 Å². The Morgan fingerprint density at radius 3 is 1.79 bits per heavy atom. The van der Waals surface area contributed by atoms with Gasteiger partial charge in [-0.15, -0.1) is 0 Å². The Bertz CT molecular complexity index is 372. The number of hydrogen-bond donors (Lipinski definition) is 0. The number of halogens is 6. The molecule has 14 heavy (non-hydrogen) atoms. The highest BCUT2D eigenvalue weighted by Gasteiger charge is 2.19. The molecule has 0 atom stereocenters. The Kier molecular flexibility index (Phi) is 3.25. The Hall–Kier alpha value is -0.910. The minimum Gasteiger partial charge on any atom is -0.206 e. The molecular formula is C8H2BrF5. The van der Waals surface area contributed by atoms with Gasteiger partial charge in [0.05, 0.1) is 5.56 Å². The third-order valence-corrected chi connectivity index (χ3v) is 1.85. The van der Waals surface area contributed by atoms with Crippen LogP contribution in [0.3, 0.4) is 0 Å². The molecule has 0 fully saturated rings. The van der Waals surface area contributed by atoms with Crippen molar-refractivity contribution in [1.82, 2.24) is 0 Å². The average molecular weight is 273 g/mol. The van der Waals surface area contributed by atoms with Crippen LogP contribution in [0.25, 0.3) is 5.83 Å². The standard InChI is InChI=1S/C8H2BrF5/c9-3-1-4(10)6(5(11)2-3)7(12)8(13)14/h1-2H. The first-order valence-corrected chi connectivity index (χ1v) is 4.08. The second kappa shape index (κ2) is 4.08. The molecule has 6 heteroatoms. The van der Waals surface area contributed by atoms with Crippen molar-refractivity contribution in [1.29, 1.82) is 0 Å². The van der Waals surface area contributed by atoms with E-state index in [9.17, 15) is 22.0 Å². The molecular weight excluding hydrogens is 271 g/mol. The van der Waals surface area contributed by atoms with Crippen molar-refractivity contribution in [3.8, 4) is 0 Å². The van der Waals surface area contributed by atoms with Crippen LogP contribution in [0, 0.1) is 11.6 Å². The maximum absolute atomic E-state index is 12.8. The molecule has 0 heterocycles. The van der Waals surface area contributed by atoms with Crippen LogP contribution < -0.4 is 0 Å². The molecule has 0 aliphatic rings. The molecule has 0 saturated carbocycles. The van der Waals surface area contributed by atoms with Crippen LogP contribution in [0.4, 0.5) is 22.0 Å². The summed E-state index contributed by atoms with van der Waals surface area (Å²) in [5.74, 6) is -4.96. The summed E-state index contributed by atoms with van der Waals surface area (Å²) < 4.78 is 61.7. The summed E-state index contributed by atoms with van der Waals surface area (Å²) in [6, 6.07) is 1.39. The van der Waals surface area contributed by atoms with E-state index in [-0.39, 0.29) is 4.47 Å². The van der Waals surface area contributed by atoms with Gasteiger partial charge < -0.3 is 0 Å². The number of rotatable bonds is 1. The molecule has 0 saturated heterocycles. The second-order valence-electron chi connectivity index (χ2n) is 2.32. The van der Waals surface area contributed by atoms with E-state index in [2.05, 4.69) is 15.9 Å². The molecule has 1 aromatic rings. The van der Waals surface area contributed by atoms with Crippen molar-refractivity contribution in [2.75, 3.05) is 0 Å².